The number of aromatic amines is 1. The van der Waals surface area contributed by atoms with Crippen LogP contribution in [0.5, 0.6) is 5.75 Å². The summed E-state index contributed by atoms with van der Waals surface area (Å²) in [5.74, 6) is 3.47. The molecular formula is C22H23N5O2. The predicted octanol–water partition coefficient (Wildman–Crippen LogP) is 4.27. The number of nitrogens with one attached hydrogen (secondary N) is 1. The number of anilines is 1. The van der Waals surface area contributed by atoms with Crippen LogP contribution in [0.2, 0.25) is 0 Å². The van der Waals surface area contributed by atoms with E-state index in [1.54, 1.807) is 0 Å². The second-order valence-corrected chi connectivity index (χ2v) is 7.62. The van der Waals surface area contributed by atoms with Crippen molar-refractivity contribution in [1.82, 2.24) is 20.2 Å². The van der Waals surface area contributed by atoms with Crippen molar-refractivity contribution >= 4 is 16.7 Å². The van der Waals surface area contributed by atoms with E-state index in [1.165, 1.54) is 0 Å². The van der Waals surface area contributed by atoms with Gasteiger partial charge in [-0.3, -0.25) is 5.10 Å². The van der Waals surface area contributed by atoms with Gasteiger partial charge in [0, 0.05) is 37.0 Å². The first-order chi connectivity index (χ1) is 14.1. The second kappa shape index (κ2) is 6.92. The normalized spacial score (nSPS) is 13.9. The van der Waals surface area contributed by atoms with E-state index in [4.69, 9.17) is 9.15 Å². The Morgan fingerprint density at radius 2 is 2.10 bits per heavy atom. The predicted molar refractivity (Wildman–Crippen MR) is 111 cm³/mol. The maximum Gasteiger partial charge on any atom is 0.191 e. The Hall–Kier alpha value is -3.35. The summed E-state index contributed by atoms with van der Waals surface area (Å²) in [7, 11) is 0. The van der Waals surface area contributed by atoms with Crippen molar-refractivity contribution in [3.63, 3.8) is 0 Å². The highest BCUT2D eigenvalue weighted by atomic mass is 16.5. The van der Waals surface area contributed by atoms with Crippen LogP contribution in [0.1, 0.15) is 31.2 Å². The van der Waals surface area contributed by atoms with Gasteiger partial charge in [-0.15, -0.1) is 0 Å². The topological polar surface area (TPSA) is 80.1 Å². The van der Waals surface area contributed by atoms with Gasteiger partial charge in [0.25, 0.3) is 0 Å². The number of pyridine rings is 1. The summed E-state index contributed by atoms with van der Waals surface area (Å²) < 4.78 is 11.5. The number of nitrogens with zero attached hydrogens (tertiary/aromatic N) is 4. The van der Waals surface area contributed by atoms with Gasteiger partial charge in [0.1, 0.15) is 28.7 Å². The number of ether oxygens (including phenoxy) is 1. The van der Waals surface area contributed by atoms with Crippen molar-refractivity contribution in [2.45, 2.75) is 39.8 Å². The number of H-pyrrole nitrogens is 1. The standard InChI is InChI=1S/C22H23N5O2/c1-13(2)28-16-4-5-18-17(11-16)22(26-25-18)15-6-8-23-21(10-15)27-9-7-20-19(12-27)24-14(3)29-20/h4-6,8,10-11,13H,7,9,12H2,1-3H3,(H,25,26). The molecule has 3 aromatic heterocycles. The molecule has 5 rings (SSSR count). The molecule has 1 aliphatic rings. The first kappa shape index (κ1) is 17.7. The maximum atomic E-state index is 5.86. The highest BCUT2D eigenvalue weighted by Gasteiger charge is 2.23. The van der Waals surface area contributed by atoms with Crippen LogP contribution in [0.15, 0.2) is 40.9 Å². The average Bonchev–Trinajstić information content (AvgIpc) is 3.29. The first-order valence-electron chi connectivity index (χ1n) is 9.88. The van der Waals surface area contributed by atoms with Crippen LogP contribution in [-0.4, -0.2) is 32.8 Å². The minimum atomic E-state index is 0.125. The molecule has 0 saturated heterocycles. The fourth-order valence-electron chi connectivity index (χ4n) is 3.82. The number of hydrogen-bond donors (Lipinski definition) is 1. The SMILES string of the molecule is Cc1nc2c(o1)CCN(c1cc(-c3n[nH]c4ccc(OC(C)C)cc34)ccn1)C2. The number of oxazole rings is 1. The van der Waals surface area contributed by atoms with E-state index in [1.807, 2.05) is 51.2 Å². The lowest BCUT2D eigenvalue weighted by Gasteiger charge is -2.26. The van der Waals surface area contributed by atoms with Crippen molar-refractivity contribution in [1.29, 1.82) is 0 Å². The summed E-state index contributed by atoms with van der Waals surface area (Å²) in [4.78, 5) is 11.3. The highest BCUT2D eigenvalue weighted by Crippen LogP contribution is 2.32. The van der Waals surface area contributed by atoms with E-state index < -0.39 is 0 Å². The fraction of sp³-hybridized carbons (Fsp3) is 0.318. The molecule has 148 valence electrons. The fourth-order valence-corrected chi connectivity index (χ4v) is 3.82. The molecule has 0 atom stereocenters. The van der Waals surface area contributed by atoms with Crippen molar-refractivity contribution in [3.8, 4) is 17.0 Å². The summed E-state index contributed by atoms with van der Waals surface area (Å²) in [6, 6.07) is 10.1. The Morgan fingerprint density at radius 3 is 2.97 bits per heavy atom. The lowest BCUT2D eigenvalue weighted by atomic mass is 10.1. The molecule has 7 nitrogen and oxygen atoms in total. The zero-order valence-corrected chi connectivity index (χ0v) is 16.8. The van der Waals surface area contributed by atoms with Crippen LogP contribution < -0.4 is 9.64 Å². The molecule has 0 radical (unpaired) electrons. The zero-order chi connectivity index (χ0) is 20.0. The Labute approximate surface area is 168 Å². The minimum Gasteiger partial charge on any atom is -0.491 e. The third-order valence-corrected chi connectivity index (χ3v) is 5.08. The van der Waals surface area contributed by atoms with E-state index in [9.17, 15) is 0 Å². The van der Waals surface area contributed by atoms with Crippen LogP contribution in [0.3, 0.4) is 0 Å². The van der Waals surface area contributed by atoms with Gasteiger partial charge in [-0.05, 0) is 44.2 Å². The molecule has 0 aliphatic carbocycles. The highest BCUT2D eigenvalue weighted by molar-refractivity contribution is 5.94. The molecular weight excluding hydrogens is 366 g/mol. The average molecular weight is 389 g/mol. The van der Waals surface area contributed by atoms with E-state index in [-0.39, 0.29) is 6.10 Å². The summed E-state index contributed by atoms with van der Waals surface area (Å²) in [6.45, 7) is 7.50. The van der Waals surface area contributed by atoms with Crippen LogP contribution in [-0.2, 0) is 13.0 Å². The molecule has 1 aliphatic heterocycles. The Kier molecular flexibility index (Phi) is 4.23. The largest absolute Gasteiger partial charge is 0.491 e. The van der Waals surface area contributed by atoms with Crippen molar-refractivity contribution in [3.05, 3.63) is 53.9 Å². The van der Waals surface area contributed by atoms with Gasteiger partial charge in [0.2, 0.25) is 0 Å². The van der Waals surface area contributed by atoms with E-state index in [0.29, 0.717) is 6.54 Å². The molecule has 0 fully saturated rings. The summed E-state index contributed by atoms with van der Waals surface area (Å²) in [5.41, 5.74) is 3.90. The number of rotatable bonds is 4. The molecule has 0 spiro atoms. The smallest absolute Gasteiger partial charge is 0.191 e. The van der Waals surface area contributed by atoms with Crippen molar-refractivity contribution < 1.29 is 9.15 Å². The van der Waals surface area contributed by atoms with E-state index in [2.05, 4.69) is 31.1 Å². The number of aromatic nitrogens is 4. The Balaban J connectivity index is 1.48. The molecule has 4 aromatic rings. The Morgan fingerprint density at radius 1 is 1.21 bits per heavy atom. The van der Waals surface area contributed by atoms with E-state index >= 15 is 0 Å². The van der Waals surface area contributed by atoms with Crippen molar-refractivity contribution in [2.75, 3.05) is 11.4 Å². The van der Waals surface area contributed by atoms with Gasteiger partial charge in [-0.1, -0.05) is 0 Å². The minimum absolute atomic E-state index is 0.125. The maximum absolute atomic E-state index is 5.86. The molecule has 0 saturated carbocycles. The Bertz CT molecular complexity index is 1180. The molecule has 29 heavy (non-hydrogen) atoms. The van der Waals surface area contributed by atoms with Gasteiger partial charge in [-0.25, -0.2) is 9.97 Å². The number of benzene rings is 1. The zero-order valence-electron chi connectivity index (χ0n) is 16.8. The summed E-state index contributed by atoms with van der Waals surface area (Å²) >= 11 is 0. The van der Waals surface area contributed by atoms with Crippen LogP contribution in [0.4, 0.5) is 5.82 Å². The molecule has 4 heterocycles. The van der Waals surface area contributed by atoms with Gasteiger partial charge in [0.05, 0.1) is 18.2 Å². The third-order valence-electron chi connectivity index (χ3n) is 5.08. The van der Waals surface area contributed by atoms with Crippen molar-refractivity contribution in [2.24, 2.45) is 0 Å². The summed E-state index contributed by atoms with van der Waals surface area (Å²) in [6.07, 6.45) is 2.80. The lowest BCUT2D eigenvalue weighted by Crippen LogP contribution is -2.30. The number of aryl methyl sites for hydroxylation is 1. The molecule has 7 heteroatoms. The molecule has 1 N–H and O–H groups in total. The lowest BCUT2D eigenvalue weighted by molar-refractivity contribution is 0.243. The number of hydrogen-bond acceptors (Lipinski definition) is 6. The van der Waals surface area contributed by atoms with Gasteiger partial charge >= 0.3 is 0 Å². The molecule has 0 unspecified atom stereocenters. The monoisotopic (exact) mass is 389 g/mol. The third kappa shape index (κ3) is 3.33. The first-order valence-corrected chi connectivity index (χ1v) is 9.88. The molecule has 0 bridgehead atoms. The molecule has 0 amide bonds. The van der Waals surface area contributed by atoms with E-state index in [0.717, 1.165) is 64.0 Å². The number of fused-ring (bicyclic) bond motifs is 2. The van der Waals surface area contributed by atoms with Crippen LogP contribution >= 0.6 is 0 Å². The van der Waals surface area contributed by atoms with Gasteiger partial charge in [-0.2, -0.15) is 5.10 Å². The second-order valence-electron chi connectivity index (χ2n) is 7.62. The summed E-state index contributed by atoms with van der Waals surface area (Å²) in [5, 5.41) is 8.71. The van der Waals surface area contributed by atoms with Crippen LogP contribution in [0, 0.1) is 6.92 Å². The van der Waals surface area contributed by atoms with Gasteiger partial charge in [0.15, 0.2) is 5.89 Å². The van der Waals surface area contributed by atoms with Gasteiger partial charge < -0.3 is 14.1 Å². The molecule has 1 aromatic carbocycles. The quantitative estimate of drug-likeness (QED) is 0.561. The van der Waals surface area contributed by atoms with Crippen LogP contribution in [0.25, 0.3) is 22.2 Å².